The lowest BCUT2D eigenvalue weighted by atomic mass is 10.0. The molecule has 0 aliphatic rings. The zero-order chi connectivity index (χ0) is 18.1. The van der Waals surface area contributed by atoms with E-state index in [1.165, 1.54) is 0 Å². The molecular weight excluding hydrogens is 345 g/mol. The molecule has 130 valence electrons. The van der Waals surface area contributed by atoms with Gasteiger partial charge in [-0.15, -0.1) is 0 Å². The minimum Gasteiger partial charge on any atom is -0.481 e. The first-order valence-corrected chi connectivity index (χ1v) is 4.87. The molecule has 0 aliphatic carbocycles. The zero-order valence-corrected chi connectivity index (χ0v) is 9.94. The van der Waals surface area contributed by atoms with Crippen LogP contribution < -0.4 is 5.73 Å². The van der Waals surface area contributed by atoms with Crippen molar-refractivity contribution in [3.8, 4) is 0 Å². The predicted octanol–water partition coefficient (Wildman–Crippen LogP) is 1.76. The molecule has 5 nitrogen and oxygen atoms in total. The molecule has 0 aromatic heterocycles. The maximum atomic E-state index is 12.4. The van der Waals surface area contributed by atoms with Gasteiger partial charge < -0.3 is 15.6 Å². The van der Waals surface area contributed by atoms with Gasteiger partial charge in [0.2, 0.25) is 0 Å². The van der Waals surface area contributed by atoms with Crippen LogP contribution in [0.25, 0.3) is 0 Å². The third-order valence-electron chi connectivity index (χ3n) is 2.15. The van der Waals surface area contributed by atoms with Gasteiger partial charge >= 0.3 is 36.1 Å². The second-order valence-electron chi connectivity index (χ2n) is 3.80. The molecule has 3 N–H and O–H groups in total. The summed E-state index contributed by atoms with van der Waals surface area (Å²) in [6.45, 7) is 0. The van der Waals surface area contributed by atoms with Crippen LogP contribution in [0.3, 0.4) is 0 Å². The highest BCUT2D eigenvalue weighted by Gasteiger charge is 2.87. The van der Waals surface area contributed by atoms with Crippen LogP contribution in [0.15, 0.2) is 0 Å². The summed E-state index contributed by atoms with van der Waals surface area (Å²) in [5, 5.41) is 8.16. The van der Waals surface area contributed by atoms with Crippen molar-refractivity contribution in [1.82, 2.24) is 0 Å². The van der Waals surface area contributed by atoms with Crippen LogP contribution in [0.1, 0.15) is 6.42 Å². The molecule has 0 aromatic rings. The van der Waals surface area contributed by atoms with Gasteiger partial charge in [-0.05, 0) is 0 Å². The highest BCUT2D eigenvalue weighted by atomic mass is 19.4. The molecule has 22 heavy (non-hydrogen) atoms. The van der Waals surface area contributed by atoms with Gasteiger partial charge in [0.1, 0.15) is 6.04 Å². The third kappa shape index (κ3) is 3.72. The van der Waals surface area contributed by atoms with Crippen LogP contribution >= 0.6 is 0 Å². The lowest BCUT2D eigenvalue weighted by molar-refractivity contribution is -0.446. The van der Waals surface area contributed by atoms with Gasteiger partial charge in [0.15, 0.2) is 0 Å². The normalized spacial score (nSPS) is 15.4. The first-order chi connectivity index (χ1) is 9.47. The Bertz CT molecular complexity index is 402. The Hall–Kier alpha value is -1.73. The molecular formula is C8H6F9NO4. The molecule has 0 amide bonds. The Balaban J connectivity index is 5.92. The molecule has 0 unspecified atom stereocenters. The second kappa shape index (κ2) is 5.81. The number of carbonyl (C=O) groups is 2. The van der Waals surface area contributed by atoms with Crippen LogP contribution in [0.4, 0.5) is 39.5 Å². The quantitative estimate of drug-likeness (QED) is 0.595. The van der Waals surface area contributed by atoms with Crippen LogP contribution in [0.5, 0.6) is 0 Å². The average Bonchev–Trinajstić information content (AvgIpc) is 2.18. The van der Waals surface area contributed by atoms with Crippen molar-refractivity contribution in [2.24, 2.45) is 5.73 Å². The Morgan fingerprint density at radius 2 is 1.23 bits per heavy atom. The van der Waals surface area contributed by atoms with Gasteiger partial charge in [-0.25, -0.2) is 0 Å². The predicted molar refractivity (Wildman–Crippen MR) is 47.2 cm³/mol. The first-order valence-electron chi connectivity index (χ1n) is 4.87. The number of ether oxygens (including phenoxy) is 1. The number of carbonyl (C=O) groups excluding carboxylic acids is 1. The minimum atomic E-state index is -7.11. The summed E-state index contributed by atoms with van der Waals surface area (Å²) >= 11 is 0. The number of carboxylic acids is 1. The lowest BCUT2D eigenvalue weighted by Crippen LogP contribution is -2.69. The largest absolute Gasteiger partial charge is 0.481 e. The first kappa shape index (κ1) is 20.3. The summed E-state index contributed by atoms with van der Waals surface area (Å²) in [7, 11) is 0. The summed E-state index contributed by atoms with van der Waals surface area (Å²) in [6.07, 6.45) is -22.9. The number of halogens is 9. The van der Waals surface area contributed by atoms with E-state index in [0.717, 1.165) is 0 Å². The van der Waals surface area contributed by atoms with E-state index in [2.05, 4.69) is 10.5 Å². The molecule has 0 aliphatic heterocycles. The topological polar surface area (TPSA) is 89.6 Å². The molecule has 1 atom stereocenters. The highest BCUT2D eigenvalue weighted by Crippen LogP contribution is 2.54. The van der Waals surface area contributed by atoms with E-state index in [-0.39, 0.29) is 0 Å². The Labute approximate surface area is 114 Å². The molecule has 0 rings (SSSR count). The molecule has 0 aromatic carbocycles. The van der Waals surface area contributed by atoms with Crippen molar-refractivity contribution in [2.45, 2.75) is 36.6 Å². The van der Waals surface area contributed by atoms with Crippen LogP contribution in [-0.4, -0.2) is 47.2 Å². The maximum absolute atomic E-state index is 12.4. The molecule has 0 heterocycles. The number of rotatable bonds is 4. The monoisotopic (exact) mass is 351 g/mol. The molecule has 0 fully saturated rings. The van der Waals surface area contributed by atoms with Gasteiger partial charge in [-0.1, -0.05) is 0 Å². The van der Waals surface area contributed by atoms with Crippen molar-refractivity contribution in [2.75, 3.05) is 0 Å². The molecule has 0 radical (unpaired) electrons. The molecule has 0 spiro atoms. The number of nitrogens with two attached hydrogens (primary N) is 1. The number of esters is 1. The third-order valence-corrected chi connectivity index (χ3v) is 2.15. The van der Waals surface area contributed by atoms with Crippen LogP contribution in [0.2, 0.25) is 0 Å². The lowest BCUT2D eigenvalue weighted by Gasteiger charge is -2.37. The van der Waals surface area contributed by atoms with Crippen molar-refractivity contribution in [3.63, 3.8) is 0 Å². The SMILES string of the molecule is N[C@@H](CC(=O)O)C(=O)OC(C(F)(F)F)(C(F)(F)F)C(F)(F)F. The number of hydrogen-bond donors (Lipinski definition) is 2. The Kier molecular flexibility index (Phi) is 5.35. The van der Waals surface area contributed by atoms with Gasteiger partial charge in [0.05, 0.1) is 6.42 Å². The fourth-order valence-corrected chi connectivity index (χ4v) is 1.15. The van der Waals surface area contributed by atoms with Crippen molar-refractivity contribution < 1.29 is 58.9 Å². The standard InChI is InChI=1S/C8H6F9NO4/c9-6(10,11)5(7(12,13)14,8(15,16)17)22-4(21)2(18)1-3(19)20/h2H,1,18H2,(H,19,20)/t2-/m0/s1. The molecule has 0 bridgehead atoms. The summed E-state index contributed by atoms with van der Waals surface area (Å²) in [4.78, 5) is 21.0. The van der Waals surface area contributed by atoms with Gasteiger partial charge in [-0.3, -0.25) is 9.59 Å². The van der Waals surface area contributed by atoms with E-state index in [1.807, 2.05) is 0 Å². The van der Waals surface area contributed by atoms with Gasteiger partial charge in [0.25, 0.3) is 0 Å². The number of hydrogen-bond acceptors (Lipinski definition) is 4. The maximum Gasteiger partial charge on any atom is 0.447 e. The van der Waals surface area contributed by atoms with Crippen LogP contribution in [0, 0.1) is 0 Å². The molecule has 0 saturated carbocycles. The minimum absolute atomic E-state index is 1.54. The van der Waals surface area contributed by atoms with E-state index in [4.69, 9.17) is 5.11 Å². The summed E-state index contributed by atoms with van der Waals surface area (Å²) in [5.41, 5.74) is -2.22. The van der Waals surface area contributed by atoms with Gasteiger partial charge in [-0.2, -0.15) is 39.5 Å². The summed E-state index contributed by atoms with van der Waals surface area (Å²) in [5.74, 6) is -4.78. The van der Waals surface area contributed by atoms with Crippen LogP contribution in [-0.2, 0) is 14.3 Å². The van der Waals surface area contributed by atoms with Crippen molar-refractivity contribution in [1.29, 1.82) is 0 Å². The van der Waals surface area contributed by atoms with Crippen molar-refractivity contribution in [3.05, 3.63) is 0 Å². The highest BCUT2D eigenvalue weighted by molar-refractivity contribution is 5.82. The fraction of sp³-hybridized carbons (Fsp3) is 0.750. The Morgan fingerprint density at radius 3 is 1.45 bits per heavy atom. The number of alkyl halides is 9. The van der Waals surface area contributed by atoms with Crippen molar-refractivity contribution >= 4 is 11.9 Å². The average molecular weight is 351 g/mol. The van der Waals surface area contributed by atoms with E-state index in [1.54, 1.807) is 0 Å². The molecule has 14 heteroatoms. The summed E-state index contributed by atoms with van der Waals surface area (Å²) in [6, 6.07) is -2.66. The van der Waals surface area contributed by atoms with E-state index in [9.17, 15) is 49.1 Å². The second-order valence-corrected chi connectivity index (χ2v) is 3.80. The summed E-state index contributed by atoms with van der Waals surface area (Å²) < 4.78 is 114. The number of aliphatic carboxylic acids is 1. The van der Waals surface area contributed by atoms with E-state index < -0.39 is 48.5 Å². The molecule has 0 saturated heterocycles. The van der Waals surface area contributed by atoms with Gasteiger partial charge in [0, 0.05) is 0 Å². The van der Waals surface area contributed by atoms with E-state index in [0.29, 0.717) is 0 Å². The Morgan fingerprint density at radius 1 is 0.909 bits per heavy atom. The fourth-order valence-electron chi connectivity index (χ4n) is 1.15. The number of carboxylic acid groups (broad SMARTS) is 1. The smallest absolute Gasteiger partial charge is 0.447 e. The van der Waals surface area contributed by atoms with E-state index >= 15 is 0 Å². The zero-order valence-electron chi connectivity index (χ0n) is 9.94.